The molecule has 1 aromatic rings. The van der Waals surface area contributed by atoms with Crippen molar-refractivity contribution in [1.82, 2.24) is 19.9 Å². The van der Waals surface area contributed by atoms with Crippen LogP contribution in [0.1, 0.15) is 13.8 Å². The zero-order valence-electron chi connectivity index (χ0n) is 12.3. The van der Waals surface area contributed by atoms with Gasteiger partial charge in [0.05, 0.1) is 17.6 Å². The number of hydrogen-bond acceptors (Lipinski definition) is 7. The number of nitrogens with zero attached hydrogens (tertiary/aromatic N) is 5. The van der Waals surface area contributed by atoms with Crippen LogP contribution in [-0.4, -0.2) is 63.7 Å². The Morgan fingerprint density at radius 1 is 1.24 bits per heavy atom. The molecule has 0 aliphatic carbocycles. The van der Waals surface area contributed by atoms with Gasteiger partial charge in [0.1, 0.15) is 0 Å². The lowest BCUT2D eigenvalue weighted by Crippen LogP contribution is -2.59. The molecule has 116 valence electrons. The van der Waals surface area contributed by atoms with Gasteiger partial charge in [-0.15, -0.1) is 0 Å². The van der Waals surface area contributed by atoms with Gasteiger partial charge in [-0.05, 0) is 25.4 Å². The Kier molecular flexibility index (Phi) is 4.80. The van der Waals surface area contributed by atoms with E-state index in [9.17, 15) is 0 Å². The second kappa shape index (κ2) is 6.25. The molecule has 0 atom stereocenters. The summed E-state index contributed by atoms with van der Waals surface area (Å²) >= 11 is 11.0. The molecule has 7 nitrogen and oxygen atoms in total. The van der Waals surface area contributed by atoms with Gasteiger partial charge in [-0.1, -0.05) is 12.2 Å². The molecule has 0 bridgehead atoms. The quantitative estimate of drug-likeness (QED) is 0.809. The maximum atomic E-state index is 5.88. The van der Waals surface area contributed by atoms with E-state index in [1.165, 1.54) is 7.11 Å². The minimum absolute atomic E-state index is 0.128. The Labute approximate surface area is 134 Å². The summed E-state index contributed by atoms with van der Waals surface area (Å²) in [5.74, 6) is 0.527. The van der Waals surface area contributed by atoms with Crippen molar-refractivity contribution >= 4 is 34.8 Å². The maximum absolute atomic E-state index is 5.88. The van der Waals surface area contributed by atoms with E-state index in [1.807, 2.05) is 18.7 Å². The lowest BCUT2D eigenvalue weighted by molar-refractivity contribution is 0.167. The molecule has 0 amide bonds. The van der Waals surface area contributed by atoms with E-state index in [-0.39, 0.29) is 16.8 Å². The number of nitrogens with two attached hydrogens (primary N) is 1. The number of rotatable bonds is 4. The van der Waals surface area contributed by atoms with E-state index in [2.05, 4.69) is 19.9 Å². The third-order valence-corrected chi connectivity index (χ3v) is 4.38. The standard InChI is InChI=1S/C12H19ClN6OS/c1-12(2,8(14)21)19-6-4-18(5-7-19)10-15-9(13)16-11(17-10)20-3/h4-7H2,1-3H3,(H2,14,21). The summed E-state index contributed by atoms with van der Waals surface area (Å²) in [6.07, 6.45) is 0. The molecule has 21 heavy (non-hydrogen) atoms. The van der Waals surface area contributed by atoms with Crippen molar-refractivity contribution in [3.8, 4) is 6.01 Å². The number of aromatic nitrogens is 3. The minimum atomic E-state index is -0.296. The first-order valence-corrected chi connectivity index (χ1v) is 7.38. The van der Waals surface area contributed by atoms with Gasteiger partial charge in [0, 0.05) is 26.2 Å². The Balaban J connectivity index is 2.08. The molecule has 1 aliphatic heterocycles. The highest BCUT2D eigenvalue weighted by Gasteiger charge is 2.33. The fourth-order valence-corrected chi connectivity index (χ4v) is 2.45. The average Bonchev–Trinajstić information content (AvgIpc) is 2.46. The second-order valence-electron chi connectivity index (χ2n) is 5.29. The predicted molar refractivity (Wildman–Crippen MR) is 86.0 cm³/mol. The van der Waals surface area contributed by atoms with E-state index in [0.29, 0.717) is 10.9 Å². The molecule has 0 radical (unpaired) electrons. The molecule has 2 N–H and O–H groups in total. The van der Waals surface area contributed by atoms with Crippen molar-refractivity contribution in [2.24, 2.45) is 5.73 Å². The Hall–Kier alpha value is -1.25. The number of anilines is 1. The van der Waals surface area contributed by atoms with E-state index >= 15 is 0 Å². The number of methoxy groups -OCH3 is 1. The molecule has 9 heteroatoms. The van der Waals surface area contributed by atoms with Crippen molar-refractivity contribution in [3.05, 3.63) is 5.28 Å². The molecule has 1 aliphatic rings. The van der Waals surface area contributed by atoms with Crippen molar-refractivity contribution < 1.29 is 4.74 Å². The van der Waals surface area contributed by atoms with Crippen molar-refractivity contribution in [2.45, 2.75) is 19.4 Å². The smallest absolute Gasteiger partial charge is 0.322 e. The van der Waals surface area contributed by atoms with Gasteiger partial charge >= 0.3 is 6.01 Å². The van der Waals surface area contributed by atoms with Gasteiger partial charge in [0.15, 0.2) is 0 Å². The predicted octanol–water partition coefficient (Wildman–Crippen LogP) is 0.720. The molecular formula is C12H19ClN6OS. The molecule has 2 rings (SSSR count). The van der Waals surface area contributed by atoms with Crippen LogP contribution in [-0.2, 0) is 0 Å². The molecule has 1 aromatic heterocycles. The first-order valence-electron chi connectivity index (χ1n) is 6.60. The average molecular weight is 331 g/mol. The van der Waals surface area contributed by atoms with Crippen molar-refractivity contribution in [1.29, 1.82) is 0 Å². The van der Waals surface area contributed by atoms with E-state index in [4.69, 9.17) is 34.3 Å². The normalized spacial score (nSPS) is 16.9. The highest BCUT2D eigenvalue weighted by Crippen LogP contribution is 2.21. The van der Waals surface area contributed by atoms with Gasteiger partial charge in [-0.3, -0.25) is 4.90 Å². The summed E-state index contributed by atoms with van der Waals surface area (Å²) in [7, 11) is 1.50. The molecule has 0 saturated carbocycles. The van der Waals surface area contributed by atoms with Gasteiger partial charge in [0.25, 0.3) is 0 Å². The number of piperazine rings is 1. The van der Waals surface area contributed by atoms with Crippen LogP contribution in [0.2, 0.25) is 5.28 Å². The summed E-state index contributed by atoms with van der Waals surface area (Å²) in [6.45, 7) is 7.22. The Bertz CT molecular complexity index is 532. The van der Waals surface area contributed by atoms with Crippen LogP contribution in [0.25, 0.3) is 0 Å². The number of halogens is 1. The van der Waals surface area contributed by atoms with Gasteiger partial charge in [0.2, 0.25) is 11.2 Å². The van der Waals surface area contributed by atoms with Crippen LogP contribution < -0.4 is 15.4 Å². The first kappa shape index (κ1) is 16.1. The summed E-state index contributed by atoms with van der Waals surface area (Å²) < 4.78 is 5.02. The molecule has 1 saturated heterocycles. The van der Waals surface area contributed by atoms with Crippen molar-refractivity contribution in [2.75, 3.05) is 38.2 Å². The zero-order valence-corrected chi connectivity index (χ0v) is 13.9. The van der Waals surface area contributed by atoms with Crippen LogP contribution >= 0.6 is 23.8 Å². The SMILES string of the molecule is COc1nc(Cl)nc(N2CCN(C(C)(C)C(N)=S)CC2)n1. The van der Waals surface area contributed by atoms with Gasteiger partial charge in [-0.2, -0.15) is 15.0 Å². The monoisotopic (exact) mass is 330 g/mol. The number of hydrogen-bond donors (Lipinski definition) is 1. The zero-order chi connectivity index (χ0) is 15.6. The second-order valence-corrected chi connectivity index (χ2v) is 6.07. The van der Waals surface area contributed by atoms with Crippen LogP contribution in [0.15, 0.2) is 0 Å². The summed E-state index contributed by atoms with van der Waals surface area (Å²) in [4.78, 5) is 17.0. The van der Waals surface area contributed by atoms with Crippen LogP contribution in [0, 0.1) is 0 Å². The van der Waals surface area contributed by atoms with Crippen molar-refractivity contribution in [3.63, 3.8) is 0 Å². The van der Waals surface area contributed by atoms with Gasteiger partial charge in [-0.25, -0.2) is 0 Å². The molecule has 0 spiro atoms. The van der Waals surface area contributed by atoms with E-state index < -0.39 is 0 Å². The van der Waals surface area contributed by atoms with Crippen LogP contribution in [0.4, 0.5) is 5.95 Å². The lowest BCUT2D eigenvalue weighted by atomic mass is 10.0. The number of thiocarbonyl (C=S) groups is 1. The highest BCUT2D eigenvalue weighted by molar-refractivity contribution is 7.80. The molecule has 0 aromatic carbocycles. The third kappa shape index (κ3) is 3.50. The summed E-state index contributed by atoms with van der Waals surface area (Å²) in [6, 6.07) is 0.218. The van der Waals surface area contributed by atoms with E-state index in [0.717, 1.165) is 26.2 Å². The highest BCUT2D eigenvalue weighted by atomic mass is 35.5. The summed E-state index contributed by atoms with van der Waals surface area (Å²) in [5, 5.41) is 0.128. The lowest BCUT2D eigenvalue weighted by Gasteiger charge is -2.43. The van der Waals surface area contributed by atoms with E-state index in [1.54, 1.807) is 0 Å². The van der Waals surface area contributed by atoms with Crippen LogP contribution in [0.3, 0.4) is 0 Å². The van der Waals surface area contributed by atoms with Crippen LogP contribution in [0.5, 0.6) is 6.01 Å². The maximum Gasteiger partial charge on any atom is 0.322 e. The fourth-order valence-electron chi connectivity index (χ4n) is 2.18. The molecule has 2 heterocycles. The minimum Gasteiger partial charge on any atom is -0.467 e. The Morgan fingerprint density at radius 2 is 1.86 bits per heavy atom. The Morgan fingerprint density at radius 3 is 2.38 bits per heavy atom. The first-order chi connectivity index (χ1) is 9.84. The summed E-state index contributed by atoms with van der Waals surface area (Å²) in [5.41, 5.74) is 5.52. The molecule has 0 unspecified atom stereocenters. The molecule has 1 fully saturated rings. The molecular weight excluding hydrogens is 312 g/mol. The van der Waals surface area contributed by atoms with Gasteiger partial charge < -0.3 is 15.4 Å². The largest absolute Gasteiger partial charge is 0.467 e. The third-order valence-electron chi connectivity index (χ3n) is 3.71. The fraction of sp³-hybridized carbons (Fsp3) is 0.667. The topological polar surface area (TPSA) is 80.4 Å². The number of ether oxygens (including phenoxy) is 1.